The normalized spacial score (nSPS) is 21.2. The summed E-state index contributed by atoms with van der Waals surface area (Å²) in [6.45, 7) is 6.68. The van der Waals surface area contributed by atoms with Crippen LogP contribution in [0.25, 0.3) is 33.5 Å². The summed E-state index contributed by atoms with van der Waals surface area (Å²) in [5.41, 5.74) is 4.39. The Kier molecular flexibility index (Phi) is 20.6. The predicted octanol–water partition coefficient (Wildman–Crippen LogP) is 2.60. The topological polar surface area (TPSA) is 319 Å². The number of hydrogen-bond donors (Lipinski definition) is 8. The molecule has 3 aliphatic rings. The van der Waals surface area contributed by atoms with Crippen molar-refractivity contribution in [2.75, 3.05) is 84.3 Å². The maximum atomic E-state index is 13.5. The fraction of sp³-hybridized carbons (Fsp3) is 0.491. The number of piperidine rings is 1. The first-order chi connectivity index (χ1) is 36.8. The maximum absolute atomic E-state index is 13.5. The van der Waals surface area contributed by atoms with Crippen LogP contribution in [-0.2, 0) is 49.5 Å². The molecule has 416 valence electrons. The van der Waals surface area contributed by atoms with Gasteiger partial charge in [-0.15, -0.1) is 0 Å². The number of aliphatic carboxylic acids is 1. The van der Waals surface area contributed by atoms with Gasteiger partial charge in [0.15, 0.2) is 11.9 Å². The molecule has 2 aromatic heterocycles. The van der Waals surface area contributed by atoms with E-state index in [4.69, 9.17) is 28.4 Å². The zero-order valence-corrected chi connectivity index (χ0v) is 43.3. The van der Waals surface area contributed by atoms with E-state index < -0.39 is 42.6 Å². The molecular weight excluding hydrogens is 1000 g/mol. The number of aliphatic hydroxyl groups is 3. The van der Waals surface area contributed by atoms with Crippen molar-refractivity contribution in [2.24, 2.45) is 5.92 Å². The van der Waals surface area contributed by atoms with Crippen molar-refractivity contribution in [3.63, 3.8) is 0 Å². The van der Waals surface area contributed by atoms with Crippen molar-refractivity contribution in [3.05, 3.63) is 80.0 Å². The summed E-state index contributed by atoms with van der Waals surface area (Å²) in [5, 5.41) is 62.3. The van der Waals surface area contributed by atoms with Crippen LogP contribution in [0.2, 0.25) is 0 Å². The zero-order valence-electron chi connectivity index (χ0n) is 43.3. The molecule has 3 fully saturated rings. The number of imide groups is 1. The molecule has 0 aliphatic carbocycles. The Labute approximate surface area is 444 Å². The Balaban J connectivity index is 0.00000861. The quantitative estimate of drug-likeness (QED) is 0.0162. The van der Waals surface area contributed by atoms with Crippen LogP contribution in [0.3, 0.4) is 0 Å². The first-order valence-corrected chi connectivity index (χ1v) is 25.6. The molecule has 1 unspecified atom stereocenters. The summed E-state index contributed by atoms with van der Waals surface area (Å²) in [5.74, 6) is -1.74. The summed E-state index contributed by atoms with van der Waals surface area (Å²) < 4.78 is 34.9. The number of aliphatic hydroxyl groups excluding tert-OH is 3. The number of amides is 4. The Morgan fingerprint density at radius 2 is 1.60 bits per heavy atom. The third-order valence-electron chi connectivity index (χ3n) is 13.7. The number of anilines is 1. The minimum atomic E-state index is -1.93. The lowest BCUT2D eigenvalue weighted by Crippen LogP contribution is -2.61. The number of hydrogen-bond acceptors (Lipinski definition) is 17. The lowest BCUT2D eigenvalue weighted by Gasteiger charge is -2.41. The number of aromatic amines is 2. The second kappa shape index (κ2) is 27.4. The van der Waals surface area contributed by atoms with E-state index in [0.29, 0.717) is 35.8 Å². The van der Waals surface area contributed by atoms with Crippen molar-refractivity contribution in [1.29, 1.82) is 0 Å². The Morgan fingerprint density at radius 3 is 2.32 bits per heavy atom. The van der Waals surface area contributed by atoms with Crippen LogP contribution in [0, 0.1) is 13.3 Å². The van der Waals surface area contributed by atoms with E-state index in [1.165, 1.54) is 11.2 Å². The highest BCUT2D eigenvalue weighted by Gasteiger charge is 2.48. The zero-order chi connectivity index (χ0) is 53.6. The molecule has 3 saturated heterocycles. The number of benzene rings is 3. The van der Waals surface area contributed by atoms with Crippen molar-refractivity contribution in [1.82, 2.24) is 35.6 Å². The van der Waals surface area contributed by atoms with E-state index in [0.717, 1.165) is 65.6 Å². The summed E-state index contributed by atoms with van der Waals surface area (Å²) in [7, 11) is 0. The molecule has 24 nitrogen and oxygen atoms in total. The average Bonchev–Trinajstić information content (AvgIpc) is 4.20. The van der Waals surface area contributed by atoms with E-state index in [1.54, 1.807) is 25.1 Å². The molecule has 5 aromatic rings. The number of likely N-dealkylation sites (tertiary alicyclic amines) is 2. The average molecular weight is 1070 g/mol. The monoisotopic (exact) mass is 1070 g/mol. The molecule has 3 aromatic carbocycles. The van der Waals surface area contributed by atoms with Gasteiger partial charge in [0.05, 0.1) is 70.5 Å². The standard InChI is InChI=1S/C52H65N9O15.CH3/c1-32-26-43(64)60(50(32)68)15-20-72-23-25-73-24-22-71-19-13-41(62)53-14-12-42(63)56-39-27-33(8-11-40(39)75-52-47(67)45(65)46(66)48(76-52)51(69)70)30-61(16-3-2-4-17-61)18-21-74-36-7-5-6-34(28-36)44-37-29-35(49-54-31-55-59-49)9-10-38(37)57-58-44;/h5-11,27-29,31-32,45-48,52,65-67H,2-4,12-26,30H2,1H3,(H4-,53,54,55,56,57,58,59,62,63,69,70);1H3/q;-1/p+1/t32?,45-,46-,47+,48-,52+;/m0./s1. The van der Waals surface area contributed by atoms with Gasteiger partial charge in [-0.05, 0) is 67.8 Å². The molecule has 0 bridgehead atoms. The van der Waals surface area contributed by atoms with Gasteiger partial charge in [0.25, 0.3) is 0 Å². The third-order valence-corrected chi connectivity index (χ3v) is 13.7. The predicted molar refractivity (Wildman–Crippen MR) is 276 cm³/mol. The lowest BCUT2D eigenvalue weighted by molar-refractivity contribution is -0.945. The molecule has 0 saturated carbocycles. The number of carbonyl (C=O) groups is 5. The van der Waals surface area contributed by atoms with Gasteiger partial charge >= 0.3 is 5.97 Å². The van der Waals surface area contributed by atoms with Gasteiger partial charge in [-0.3, -0.25) is 34.3 Å². The molecule has 0 spiro atoms. The molecule has 24 heteroatoms. The number of H-pyrrole nitrogens is 2. The highest BCUT2D eigenvalue weighted by molar-refractivity contribution is 6.03. The van der Waals surface area contributed by atoms with Gasteiger partial charge in [0.1, 0.15) is 61.5 Å². The van der Waals surface area contributed by atoms with Crippen LogP contribution in [0.1, 0.15) is 51.0 Å². The highest BCUT2D eigenvalue weighted by Crippen LogP contribution is 2.34. The minimum Gasteiger partial charge on any atom is -0.488 e. The summed E-state index contributed by atoms with van der Waals surface area (Å²) in [4.78, 5) is 67.3. The Bertz CT molecular complexity index is 2770. The molecule has 6 atom stereocenters. The number of nitrogens with zero attached hydrogens (tertiary/aromatic N) is 5. The number of aromatic nitrogens is 5. The number of ether oxygens (including phenoxy) is 6. The molecule has 8 rings (SSSR count). The van der Waals surface area contributed by atoms with Crippen molar-refractivity contribution >= 4 is 46.2 Å². The van der Waals surface area contributed by atoms with Crippen molar-refractivity contribution < 1.29 is 77.3 Å². The molecule has 4 amide bonds. The van der Waals surface area contributed by atoms with E-state index >= 15 is 0 Å². The van der Waals surface area contributed by atoms with Crippen LogP contribution in [0.5, 0.6) is 11.5 Å². The molecule has 3 aliphatic heterocycles. The van der Waals surface area contributed by atoms with Gasteiger partial charge in [0, 0.05) is 53.8 Å². The van der Waals surface area contributed by atoms with Crippen molar-refractivity contribution in [2.45, 2.75) is 82.7 Å². The molecule has 0 radical (unpaired) electrons. The number of carboxylic acids is 1. The SMILES string of the molecule is CC1CC(=O)N(CCOCCOCCOCCC(=O)NCCC(=O)Nc2cc(C[N+]3(CCOc4cccc(-c5n[nH]c6ccc(-c7ncn[nH]7)cc56)c4)CCCCC3)ccc2O[C@@H]2O[C@H](C(=O)O)[C@@H](O)[C@H](O)[C@H]2O)C1=O.[CH3-]. The van der Waals surface area contributed by atoms with Crippen LogP contribution in [-0.4, -0.2) is 194 Å². The summed E-state index contributed by atoms with van der Waals surface area (Å²) >= 11 is 0. The van der Waals surface area contributed by atoms with E-state index in [1.807, 2.05) is 42.5 Å². The highest BCUT2D eigenvalue weighted by atomic mass is 16.7. The first kappa shape index (κ1) is 57.8. The van der Waals surface area contributed by atoms with Crippen LogP contribution in [0.4, 0.5) is 5.69 Å². The molecule has 77 heavy (non-hydrogen) atoms. The lowest BCUT2D eigenvalue weighted by atomic mass is 9.99. The van der Waals surface area contributed by atoms with Gasteiger partial charge < -0.3 is 71.4 Å². The number of rotatable bonds is 27. The largest absolute Gasteiger partial charge is 0.488 e. The van der Waals surface area contributed by atoms with Gasteiger partial charge in [-0.25, -0.2) is 9.78 Å². The van der Waals surface area contributed by atoms with E-state index in [-0.39, 0.29) is 114 Å². The van der Waals surface area contributed by atoms with Crippen molar-refractivity contribution in [3.8, 4) is 34.1 Å². The Morgan fingerprint density at radius 1 is 0.831 bits per heavy atom. The maximum Gasteiger partial charge on any atom is 0.335 e. The number of carboxylic acid groups (broad SMARTS) is 1. The minimum absolute atomic E-state index is 0. The van der Waals surface area contributed by atoms with Crippen LogP contribution < -0.4 is 20.1 Å². The number of quaternary nitrogens is 1. The van der Waals surface area contributed by atoms with E-state index in [9.17, 15) is 44.4 Å². The molecule has 5 heterocycles. The van der Waals surface area contributed by atoms with E-state index in [2.05, 4.69) is 36.0 Å². The van der Waals surface area contributed by atoms with Gasteiger partial charge in [-0.1, -0.05) is 19.1 Å². The third kappa shape index (κ3) is 15.2. The van der Waals surface area contributed by atoms with Crippen LogP contribution >= 0.6 is 0 Å². The molecule has 8 N–H and O–H groups in total. The van der Waals surface area contributed by atoms with Gasteiger partial charge in [-0.2, -0.15) is 10.2 Å². The smallest absolute Gasteiger partial charge is 0.335 e. The van der Waals surface area contributed by atoms with Gasteiger partial charge in [0.2, 0.25) is 29.9 Å². The second-order valence-corrected chi connectivity index (χ2v) is 19.2. The number of fused-ring (bicyclic) bond motifs is 1. The first-order valence-electron chi connectivity index (χ1n) is 25.6. The fourth-order valence-corrected chi connectivity index (χ4v) is 9.56. The number of carbonyl (C=O) groups excluding carboxylic acids is 4. The summed E-state index contributed by atoms with van der Waals surface area (Å²) in [6, 6.07) is 18.8. The number of nitrogens with one attached hydrogen (secondary N) is 4. The Hall–Kier alpha value is -6.90. The summed E-state index contributed by atoms with van der Waals surface area (Å²) in [6.07, 6.45) is -4.66. The van der Waals surface area contributed by atoms with Crippen LogP contribution in [0.15, 0.2) is 67.0 Å². The molecular formula is C53H69N9O15. The fourth-order valence-electron chi connectivity index (χ4n) is 9.56. The second-order valence-electron chi connectivity index (χ2n) is 19.2.